The summed E-state index contributed by atoms with van der Waals surface area (Å²) in [4.78, 5) is 18.8. The predicted molar refractivity (Wildman–Crippen MR) is 75.9 cm³/mol. The lowest BCUT2D eigenvalue weighted by atomic mass is 10.1. The molecule has 0 aliphatic carbocycles. The molecule has 0 amide bonds. The fraction of sp³-hybridized carbons (Fsp3) is 0.154. The molecule has 2 rings (SSSR count). The van der Waals surface area contributed by atoms with Gasteiger partial charge in [0.25, 0.3) is 0 Å². The van der Waals surface area contributed by atoms with Crippen LogP contribution in [0, 0.1) is 0 Å². The standard InChI is InChI=1S/C13H13ClN4O2/c14-9-1-3-10(4-2-9)18-13-16-6-8(7-17-13)11(15)5-12(19)20/h1-4,6-7,11H,5,15H2,(H,19,20)(H,16,17,18)/t11-/m1/s1. The highest BCUT2D eigenvalue weighted by Crippen LogP contribution is 2.17. The van der Waals surface area contributed by atoms with Crippen molar-refractivity contribution in [3.63, 3.8) is 0 Å². The highest BCUT2D eigenvalue weighted by Gasteiger charge is 2.11. The summed E-state index contributed by atoms with van der Waals surface area (Å²) >= 11 is 5.79. The van der Waals surface area contributed by atoms with Crippen molar-refractivity contribution in [1.29, 1.82) is 0 Å². The number of hydrogen-bond acceptors (Lipinski definition) is 5. The molecule has 20 heavy (non-hydrogen) atoms. The minimum atomic E-state index is -0.958. The molecule has 104 valence electrons. The van der Waals surface area contributed by atoms with Crippen LogP contribution in [0.2, 0.25) is 5.02 Å². The first kappa shape index (κ1) is 14.2. The molecule has 1 atom stereocenters. The summed E-state index contributed by atoms with van der Waals surface area (Å²) in [6.45, 7) is 0. The van der Waals surface area contributed by atoms with Crippen LogP contribution >= 0.6 is 11.6 Å². The van der Waals surface area contributed by atoms with Crippen LogP contribution in [0.4, 0.5) is 11.6 Å². The van der Waals surface area contributed by atoms with E-state index < -0.39 is 12.0 Å². The van der Waals surface area contributed by atoms with Gasteiger partial charge in [-0.2, -0.15) is 0 Å². The lowest BCUT2D eigenvalue weighted by molar-refractivity contribution is -0.137. The van der Waals surface area contributed by atoms with E-state index in [1.807, 2.05) is 0 Å². The van der Waals surface area contributed by atoms with Gasteiger partial charge in [-0.25, -0.2) is 9.97 Å². The van der Waals surface area contributed by atoms with Crippen LogP contribution in [0.15, 0.2) is 36.7 Å². The second-order valence-electron chi connectivity index (χ2n) is 4.18. The molecule has 0 saturated heterocycles. The average molecular weight is 293 g/mol. The number of benzene rings is 1. The molecular formula is C13H13ClN4O2. The maximum absolute atomic E-state index is 10.6. The molecule has 1 aromatic heterocycles. The van der Waals surface area contributed by atoms with Crippen molar-refractivity contribution in [2.45, 2.75) is 12.5 Å². The quantitative estimate of drug-likeness (QED) is 0.782. The Morgan fingerprint density at radius 3 is 2.45 bits per heavy atom. The Bertz CT molecular complexity index is 586. The second-order valence-corrected chi connectivity index (χ2v) is 4.61. The maximum Gasteiger partial charge on any atom is 0.305 e. The van der Waals surface area contributed by atoms with Gasteiger partial charge in [-0.1, -0.05) is 11.6 Å². The van der Waals surface area contributed by atoms with Crippen molar-refractivity contribution < 1.29 is 9.90 Å². The minimum absolute atomic E-state index is 0.159. The Kier molecular flexibility index (Phi) is 4.49. The van der Waals surface area contributed by atoms with E-state index in [0.717, 1.165) is 5.69 Å². The highest BCUT2D eigenvalue weighted by atomic mass is 35.5. The Balaban J connectivity index is 2.04. The van der Waals surface area contributed by atoms with E-state index in [1.165, 1.54) is 12.4 Å². The minimum Gasteiger partial charge on any atom is -0.481 e. The van der Waals surface area contributed by atoms with E-state index in [4.69, 9.17) is 22.4 Å². The summed E-state index contributed by atoms with van der Waals surface area (Å²) in [7, 11) is 0. The molecule has 0 radical (unpaired) electrons. The monoisotopic (exact) mass is 292 g/mol. The van der Waals surface area contributed by atoms with Gasteiger partial charge in [-0.3, -0.25) is 4.79 Å². The van der Waals surface area contributed by atoms with Crippen molar-refractivity contribution in [1.82, 2.24) is 9.97 Å². The number of carboxylic acids is 1. The SMILES string of the molecule is N[C@H](CC(=O)O)c1cnc(Nc2ccc(Cl)cc2)nc1. The molecule has 0 saturated carbocycles. The molecule has 2 aromatic rings. The number of hydrogen-bond donors (Lipinski definition) is 3. The molecule has 0 aliphatic heterocycles. The van der Waals surface area contributed by atoms with Gasteiger partial charge >= 0.3 is 5.97 Å². The number of carbonyl (C=O) groups is 1. The zero-order valence-corrected chi connectivity index (χ0v) is 11.2. The summed E-state index contributed by atoms with van der Waals surface area (Å²) in [6.07, 6.45) is 2.87. The molecule has 1 heterocycles. The van der Waals surface area contributed by atoms with Crippen molar-refractivity contribution in [2.75, 3.05) is 5.32 Å². The molecule has 6 nitrogen and oxygen atoms in total. The smallest absolute Gasteiger partial charge is 0.305 e. The molecule has 1 aromatic carbocycles. The van der Waals surface area contributed by atoms with Crippen LogP contribution in [-0.2, 0) is 4.79 Å². The average Bonchev–Trinajstić information content (AvgIpc) is 2.41. The fourth-order valence-electron chi connectivity index (χ4n) is 1.56. The molecule has 4 N–H and O–H groups in total. The number of halogens is 1. The van der Waals surface area contributed by atoms with E-state index in [-0.39, 0.29) is 6.42 Å². The fourth-order valence-corrected chi connectivity index (χ4v) is 1.69. The third-order valence-corrected chi connectivity index (χ3v) is 2.85. The molecular weight excluding hydrogens is 280 g/mol. The molecule has 0 fully saturated rings. The lowest BCUT2D eigenvalue weighted by Crippen LogP contribution is -2.15. The number of rotatable bonds is 5. The van der Waals surface area contributed by atoms with Crippen LogP contribution in [-0.4, -0.2) is 21.0 Å². The van der Waals surface area contributed by atoms with E-state index >= 15 is 0 Å². The van der Waals surface area contributed by atoms with E-state index in [1.54, 1.807) is 24.3 Å². The van der Waals surface area contributed by atoms with Crippen LogP contribution in [0.5, 0.6) is 0 Å². The Hall–Kier alpha value is -2.18. The highest BCUT2D eigenvalue weighted by molar-refractivity contribution is 6.30. The number of carboxylic acid groups (broad SMARTS) is 1. The first-order valence-corrected chi connectivity index (χ1v) is 6.24. The first-order chi connectivity index (χ1) is 9.54. The largest absolute Gasteiger partial charge is 0.481 e. The summed E-state index contributed by atoms with van der Waals surface area (Å²) in [5.74, 6) is -0.556. The van der Waals surface area contributed by atoms with Gasteiger partial charge in [-0.05, 0) is 24.3 Å². The van der Waals surface area contributed by atoms with Gasteiger partial charge < -0.3 is 16.2 Å². The van der Waals surface area contributed by atoms with Crippen molar-refractivity contribution in [2.24, 2.45) is 5.73 Å². The topological polar surface area (TPSA) is 101 Å². The van der Waals surface area contributed by atoms with E-state index in [2.05, 4.69) is 15.3 Å². The summed E-state index contributed by atoms with van der Waals surface area (Å²) in [5, 5.41) is 12.3. The first-order valence-electron chi connectivity index (χ1n) is 5.86. The number of anilines is 2. The molecule has 0 aliphatic rings. The van der Waals surface area contributed by atoms with Gasteiger partial charge in [0.2, 0.25) is 5.95 Å². The van der Waals surface area contributed by atoms with Crippen molar-refractivity contribution in [3.05, 3.63) is 47.2 Å². The molecule has 7 heteroatoms. The molecule has 0 bridgehead atoms. The number of aromatic nitrogens is 2. The van der Waals surface area contributed by atoms with E-state index in [0.29, 0.717) is 16.5 Å². The number of nitrogens with two attached hydrogens (primary N) is 1. The number of nitrogens with one attached hydrogen (secondary N) is 1. The van der Waals surface area contributed by atoms with Crippen LogP contribution in [0.3, 0.4) is 0 Å². The predicted octanol–water partition coefficient (Wildman–Crippen LogP) is 2.35. The van der Waals surface area contributed by atoms with Crippen LogP contribution < -0.4 is 11.1 Å². The number of nitrogens with zero attached hydrogens (tertiary/aromatic N) is 2. The van der Waals surface area contributed by atoms with Gasteiger partial charge in [0.1, 0.15) is 0 Å². The van der Waals surface area contributed by atoms with Gasteiger partial charge in [0.15, 0.2) is 0 Å². The van der Waals surface area contributed by atoms with Crippen molar-refractivity contribution in [3.8, 4) is 0 Å². The summed E-state index contributed by atoms with van der Waals surface area (Å²) in [6, 6.07) is 6.49. The van der Waals surface area contributed by atoms with Crippen LogP contribution in [0.1, 0.15) is 18.0 Å². The van der Waals surface area contributed by atoms with Gasteiger partial charge in [-0.15, -0.1) is 0 Å². The second kappa shape index (κ2) is 6.31. The summed E-state index contributed by atoms with van der Waals surface area (Å²) < 4.78 is 0. The lowest BCUT2D eigenvalue weighted by Gasteiger charge is -2.09. The summed E-state index contributed by atoms with van der Waals surface area (Å²) in [5.41, 5.74) is 7.10. The molecule has 0 unspecified atom stereocenters. The zero-order chi connectivity index (χ0) is 14.5. The Morgan fingerprint density at radius 2 is 1.90 bits per heavy atom. The Labute approximate surface area is 120 Å². The van der Waals surface area contributed by atoms with E-state index in [9.17, 15) is 4.79 Å². The number of aliphatic carboxylic acids is 1. The maximum atomic E-state index is 10.6. The third-order valence-electron chi connectivity index (χ3n) is 2.59. The third kappa shape index (κ3) is 3.91. The zero-order valence-electron chi connectivity index (χ0n) is 10.5. The van der Waals surface area contributed by atoms with Crippen molar-refractivity contribution >= 4 is 29.2 Å². The Morgan fingerprint density at radius 1 is 1.30 bits per heavy atom. The van der Waals surface area contributed by atoms with Crippen LogP contribution in [0.25, 0.3) is 0 Å². The van der Waals surface area contributed by atoms with Gasteiger partial charge in [0, 0.05) is 34.7 Å². The molecule has 0 spiro atoms. The normalized spacial score (nSPS) is 11.9. The van der Waals surface area contributed by atoms with Gasteiger partial charge in [0.05, 0.1) is 6.42 Å².